The highest BCUT2D eigenvalue weighted by molar-refractivity contribution is 9.10. The molecule has 1 N–H and O–H groups in total. The second kappa shape index (κ2) is 9.20. The third-order valence-electron chi connectivity index (χ3n) is 5.07. The maximum atomic E-state index is 12.4. The second-order valence-electron chi connectivity index (χ2n) is 6.69. The molecule has 3 rings (SSSR count). The maximum absolute atomic E-state index is 12.4. The lowest BCUT2D eigenvalue weighted by atomic mass is 9.74. The van der Waals surface area contributed by atoms with E-state index in [4.69, 9.17) is 9.47 Å². The number of benzene rings is 2. The lowest BCUT2D eigenvalue weighted by Crippen LogP contribution is -2.44. The number of hydrogen-bond acceptors (Lipinski definition) is 3. The Hall–Kier alpha value is -2.11. The summed E-state index contributed by atoms with van der Waals surface area (Å²) in [6.07, 6.45) is 5.17. The van der Waals surface area contributed by atoms with E-state index < -0.39 is 0 Å². The number of methoxy groups -OCH3 is 1. The van der Waals surface area contributed by atoms with Gasteiger partial charge in [0.05, 0.1) is 7.11 Å². The molecular formula is C22H24BrNO3. The van der Waals surface area contributed by atoms with Gasteiger partial charge in [-0.05, 0) is 48.2 Å². The predicted molar refractivity (Wildman–Crippen MR) is 111 cm³/mol. The van der Waals surface area contributed by atoms with Crippen LogP contribution in [0.4, 0.5) is 0 Å². The Morgan fingerprint density at radius 2 is 1.89 bits per heavy atom. The number of amides is 1. The number of ether oxygens (including phenoxy) is 2. The molecule has 0 bridgehead atoms. The van der Waals surface area contributed by atoms with Gasteiger partial charge < -0.3 is 14.8 Å². The van der Waals surface area contributed by atoms with E-state index in [9.17, 15) is 4.79 Å². The molecule has 2 aromatic carbocycles. The lowest BCUT2D eigenvalue weighted by molar-refractivity contribution is -0.116. The Morgan fingerprint density at radius 3 is 2.56 bits per heavy atom. The van der Waals surface area contributed by atoms with Crippen molar-refractivity contribution < 1.29 is 14.3 Å². The quantitative estimate of drug-likeness (QED) is 0.694. The second-order valence-corrected chi connectivity index (χ2v) is 7.55. The van der Waals surface area contributed by atoms with Crippen molar-refractivity contribution in [2.45, 2.75) is 18.3 Å². The third kappa shape index (κ3) is 4.99. The smallest absolute Gasteiger partial charge is 0.244 e. The minimum atomic E-state index is -0.110. The van der Waals surface area contributed by atoms with Gasteiger partial charge in [0, 0.05) is 35.7 Å². The molecule has 0 atom stereocenters. The Balaban J connectivity index is 1.69. The van der Waals surface area contributed by atoms with Gasteiger partial charge in [-0.1, -0.05) is 46.3 Å². The maximum Gasteiger partial charge on any atom is 0.244 e. The fourth-order valence-electron chi connectivity index (χ4n) is 3.37. The number of carbonyl (C=O) groups is 1. The fraction of sp³-hybridized carbons (Fsp3) is 0.318. The van der Waals surface area contributed by atoms with Gasteiger partial charge in [0.25, 0.3) is 0 Å². The van der Waals surface area contributed by atoms with E-state index in [0.717, 1.165) is 28.6 Å². The number of halogens is 1. The molecule has 0 radical (unpaired) electrons. The molecule has 142 valence electrons. The van der Waals surface area contributed by atoms with Gasteiger partial charge in [-0.2, -0.15) is 0 Å². The highest BCUT2D eigenvalue weighted by Crippen LogP contribution is 2.35. The van der Waals surface area contributed by atoms with Crippen LogP contribution in [0.5, 0.6) is 5.75 Å². The van der Waals surface area contributed by atoms with Crippen molar-refractivity contribution in [2.75, 3.05) is 26.9 Å². The third-order valence-corrected chi connectivity index (χ3v) is 5.79. The SMILES string of the molecule is COc1ccc(C2(CNC(=O)/C=C/c3ccccc3Br)CCOCC2)cc1. The van der Waals surface area contributed by atoms with E-state index in [1.165, 1.54) is 5.56 Å². The van der Waals surface area contributed by atoms with Gasteiger partial charge in [0.15, 0.2) is 0 Å². The van der Waals surface area contributed by atoms with Crippen molar-refractivity contribution >= 4 is 27.9 Å². The van der Waals surface area contributed by atoms with Crippen LogP contribution in [0, 0.1) is 0 Å². The van der Waals surface area contributed by atoms with Crippen molar-refractivity contribution in [2.24, 2.45) is 0 Å². The van der Waals surface area contributed by atoms with Gasteiger partial charge in [-0.15, -0.1) is 0 Å². The highest BCUT2D eigenvalue weighted by atomic mass is 79.9. The molecular weight excluding hydrogens is 406 g/mol. The molecule has 2 aromatic rings. The van der Waals surface area contributed by atoms with Crippen LogP contribution in [0.3, 0.4) is 0 Å². The monoisotopic (exact) mass is 429 g/mol. The van der Waals surface area contributed by atoms with E-state index in [1.807, 2.05) is 42.5 Å². The molecule has 0 aromatic heterocycles. The Bertz CT molecular complexity index is 795. The largest absolute Gasteiger partial charge is 0.497 e. The van der Waals surface area contributed by atoms with E-state index in [1.54, 1.807) is 13.2 Å². The van der Waals surface area contributed by atoms with E-state index in [2.05, 4.69) is 33.4 Å². The van der Waals surface area contributed by atoms with Crippen LogP contribution in [-0.4, -0.2) is 32.8 Å². The molecule has 0 aliphatic carbocycles. The summed E-state index contributed by atoms with van der Waals surface area (Å²) in [4.78, 5) is 12.4. The van der Waals surface area contributed by atoms with E-state index >= 15 is 0 Å². The molecule has 1 aliphatic heterocycles. The van der Waals surface area contributed by atoms with Crippen LogP contribution in [0.2, 0.25) is 0 Å². The number of hydrogen-bond donors (Lipinski definition) is 1. The number of carbonyl (C=O) groups excluding carboxylic acids is 1. The first kappa shape index (κ1) is 19.6. The van der Waals surface area contributed by atoms with E-state index in [0.29, 0.717) is 19.8 Å². The summed E-state index contributed by atoms with van der Waals surface area (Å²) in [6, 6.07) is 15.9. The lowest BCUT2D eigenvalue weighted by Gasteiger charge is -2.38. The zero-order valence-electron chi connectivity index (χ0n) is 15.4. The molecule has 1 saturated heterocycles. The molecule has 1 fully saturated rings. The molecule has 1 heterocycles. The summed E-state index contributed by atoms with van der Waals surface area (Å²) >= 11 is 3.49. The molecule has 0 unspecified atom stereocenters. The van der Waals surface area contributed by atoms with Crippen molar-refractivity contribution in [3.8, 4) is 5.75 Å². The number of nitrogens with one attached hydrogen (secondary N) is 1. The van der Waals surface area contributed by atoms with Crippen LogP contribution < -0.4 is 10.1 Å². The predicted octanol–water partition coefficient (Wildman–Crippen LogP) is 4.34. The van der Waals surface area contributed by atoms with Crippen LogP contribution in [0.25, 0.3) is 6.08 Å². The van der Waals surface area contributed by atoms with Crippen LogP contribution in [-0.2, 0) is 14.9 Å². The minimum absolute atomic E-state index is 0.0925. The molecule has 1 amide bonds. The van der Waals surface area contributed by atoms with Crippen molar-refractivity contribution in [3.63, 3.8) is 0 Å². The Morgan fingerprint density at radius 1 is 1.19 bits per heavy atom. The Kier molecular flexibility index (Phi) is 6.69. The normalized spacial score (nSPS) is 16.2. The minimum Gasteiger partial charge on any atom is -0.497 e. The molecule has 0 saturated carbocycles. The van der Waals surface area contributed by atoms with Gasteiger partial charge in [-0.3, -0.25) is 4.79 Å². The molecule has 27 heavy (non-hydrogen) atoms. The molecule has 4 nitrogen and oxygen atoms in total. The van der Waals surface area contributed by atoms with Crippen molar-refractivity contribution in [1.82, 2.24) is 5.32 Å². The van der Waals surface area contributed by atoms with Crippen molar-refractivity contribution in [1.29, 1.82) is 0 Å². The van der Waals surface area contributed by atoms with Gasteiger partial charge >= 0.3 is 0 Å². The standard InChI is InChI=1S/C22H24BrNO3/c1-26-19-9-7-18(8-10-19)22(12-14-27-15-13-22)16-24-21(25)11-6-17-4-2-3-5-20(17)23/h2-11H,12-16H2,1H3,(H,24,25)/b11-6+. The van der Waals surface area contributed by atoms with Gasteiger partial charge in [0.2, 0.25) is 5.91 Å². The van der Waals surface area contributed by atoms with Crippen molar-refractivity contribution in [3.05, 3.63) is 70.2 Å². The number of rotatable bonds is 6. The first-order valence-electron chi connectivity index (χ1n) is 9.06. The summed E-state index contributed by atoms with van der Waals surface area (Å²) in [5, 5.41) is 3.08. The summed E-state index contributed by atoms with van der Waals surface area (Å²) in [7, 11) is 1.66. The van der Waals surface area contributed by atoms with E-state index in [-0.39, 0.29) is 11.3 Å². The zero-order chi connectivity index (χ0) is 19.1. The molecule has 1 aliphatic rings. The summed E-state index contributed by atoms with van der Waals surface area (Å²) < 4.78 is 11.8. The average molecular weight is 430 g/mol. The Labute approximate surface area is 168 Å². The first-order chi connectivity index (χ1) is 13.1. The first-order valence-corrected chi connectivity index (χ1v) is 9.85. The van der Waals surface area contributed by atoms with Crippen LogP contribution in [0.1, 0.15) is 24.0 Å². The summed E-state index contributed by atoms with van der Waals surface area (Å²) in [5.41, 5.74) is 2.08. The van der Waals surface area contributed by atoms with Gasteiger partial charge in [-0.25, -0.2) is 0 Å². The molecule has 5 heteroatoms. The highest BCUT2D eigenvalue weighted by Gasteiger charge is 2.34. The summed E-state index contributed by atoms with van der Waals surface area (Å²) in [6.45, 7) is 1.99. The van der Waals surface area contributed by atoms with Crippen LogP contribution >= 0.6 is 15.9 Å². The fourth-order valence-corrected chi connectivity index (χ4v) is 3.78. The molecule has 0 spiro atoms. The average Bonchev–Trinajstić information content (AvgIpc) is 2.72. The topological polar surface area (TPSA) is 47.6 Å². The zero-order valence-corrected chi connectivity index (χ0v) is 17.0. The van der Waals surface area contributed by atoms with Crippen LogP contribution in [0.15, 0.2) is 59.1 Å². The van der Waals surface area contributed by atoms with Gasteiger partial charge in [0.1, 0.15) is 5.75 Å². The summed E-state index contributed by atoms with van der Waals surface area (Å²) in [5.74, 6) is 0.742.